The highest BCUT2D eigenvalue weighted by atomic mass is 35.5. The first-order valence-electron chi connectivity index (χ1n) is 5.49. The van der Waals surface area contributed by atoms with E-state index in [0.29, 0.717) is 28.7 Å². The molecule has 0 radical (unpaired) electrons. The highest BCUT2D eigenvalue weighted by molar-refractivity contribution is 6.31. The van der Waals surface area contributed by atoms with Gasteiger partial charge in [-0.2, -0.15) is 0 Å². The number of hydrogen-bond acceptors (Lipinski definition) is 3. The molecule has 0 bridgehead atoms. The number of carboxylic acid groups (broad SMARTS) is 1. The van der Waals surface area contributed by atoms with Crippen molar-refractivity contribution in [2.45, 2.75) is 6.92 Å². The molecule has 1 aromatic rings. The molecule has 0 aliphatic heterocycles. The number of carbonyl (C=O) groups is 1. The van der Waals surface area contributed by atoms with E-state index >= 15 is 0 Å². The molecule has 19 heavy (non-hydrogen) atoms. The number of halogens is 1. The maximum absolute atomic E-state index is 10.6. The van der Waals surface area contributed by atoms with Crippen LogP contribution in [0.1, 0.15) is 12.5 Å². The Balaban J connectivity index is 3.20. The fourth-order valence-electron chi connectivity index (χ4n) is 1.38. The molecule has 0 saturated carbocycles. The lowest BCUT2D eigenvalue weighted by atomic mass is 10.1. The second kappa shape index (κ2) is 6.85. The summed E-state index contributed by atoms with van der Waals surface area (Å²) in [5.74, 6) is -0.170. The molecule has 1 N–H and O–H groups in total. The average molecular weight is 283 g/mol. The first-order chi connectivity index (χ1) is 8.93. The fourth-order valence-corrected chi connectivity index (χ4v) is 1.59. The Bertz CT molecular complexity index is 520. The molecule has 0 fully saturated rings. The van der Waals surface area contributed by atoms with Gasteiger partial charge in [0.2, 0.25) is 0 Å². The Morgan fingerprint density at radius 2 is 2.21 bits per heavy atom. The maximum Gasteiger partial charge on any atom is 0.328 e. The van der Waals surface area contributed by atoms with Gasteiger partial charge in [-0.25, -0.2) is 4.79 Å². The van der Waals surface area contributed by atoms with Crippen LogP contribution < -0.4 is 9.47 Å². The van der Waals surface area contributed by atoms with E-state index in [1.807, 2.05) is 6.92 Å². The van der Waals surface area contributed by atoms with Crippen molar-refractivity contribution in [3.63, 3.8) is 0 Å². The van der Waals surface area contributed by atoms with E-state index in [1.54, 1.807) is 12.1 Å². The van der Waals surface area contributed by atoms with Gasteiger partial charge in [0.15, 0.2) is 11.5 Å². The van der Waals surface area contributed by atoms with Crippen LogP contribution in [0.25, 0.3) is 6.08 Å². The molecule has 0 aliphatic carbocycles. The minimum absolute atomic E-state index is 0.311. The zero-order chi connectivity index (χ0) is 14.4. The van der Waals surface area contributed by atoms with E-state index in [9.17, 15) is 4.79 Å². The zero-order valence-corrected chi connectivity index (χ0v) is 11.5. The molecule has 0 unspecified atom stereocenters. The standard InChI is InChI=1S/C14H15ClO4/c1-9(2)8-19-14-10(4-5-13(16)17)6-11(15)7-12(14)18-3/h4-7H,1,8H2,2-3H3,(H,16,17)/b5-4+. The van der Waals surface area contributed by atoms with Gasteiger partial charge in [0, 0.05) is 22.7 Å². The summed E-state index contributed by atoms with van der Waals surface area (Å²) in [5.41, 5.74) is 1.37. The third kappa shape index (κ3) is 4.67. The van der Waals surface area contributed by atoms with Crippen molar-refractivity contribution >= 4 is 23.6 Å². The molecule has 0 saturated heterocycles. The molecule has 1 aromatic carbocycles. The van der Waals surface area contributed by atoms with Crippen molar-refractivity contribution in [3.8, 4) is 11.5 Å². The Kier molecular flexibility index (Phi) is 5.45. The molecule has 0 atom stereocenters. The molecule has 1 rings (SSSR count). The van der Waals surface area contributed by atoms with Gasteiger partial charge < -0.3 is 14.6 Å². The lowest BCUT2D eigenvalue weighted by Gasteiger charge is -2.14. The fraction of sp³-hybridized carbons (Fsp3) is 0.214. The van der Waals surface area contributed by atoms with E-state index < -0.39 is 5.97 Å². The predicted octanol–water partition coefficient (Wildman–Crippen LogP) is 3.40. The number of carboxylic acids is 1. The monoisotopic (exact) mass is 282 g/mol. The summed E-state index contributed by atoms with van der Waals surface area (Å²) in [6, 6.07) is 3.21. The van der Waals surface area contributed by atoms with E-state index in [1.165, 1.54) is 13.2 Å². The third-order valence-electron chi connectivity index (χ3n) is 2.14. The largest absolute Gasteiger partial charge is 0.493 e. The third-order valence-corrected chi connectivity index (χ3v) is 2.35. The van der Waals surface area contributed by atoms with Crippen molar-refractivity contribution in [1.29, 1.82) is 0 Å². The zero-order valence-electron chi connectivity index (χ0n) is 10.8. The van der Waals surface area contributed by atoms with Crippen molar-refractivity contribution in [2.75, 3.05) is 13.7 Å². The highest BCUT2D eigenvalue weighted by Gasteiger charge is 2.11. The van der Waals surface area contributed by atoms with Crippen LogP contribution in [0.2, 0.25) is 5.02 Å². The number of rotatable bonds is 6. The Hall–Kier alpha value is -1.94. The van der Waals surface area contributed by atoms with Crippen LogP contribution in [0.5, 0.6) is 11.5 Å². The van der Waals surface area contributed by atoms with Crippen LogP contribution >= 0.6 is 11.6 Å². The van der Waals surface area contributed by atoms with Crippen LogP contribution in [-0.2, 0) is 4.79 Å². The summed E-state index contributed by atoms with van der Waals surface area (Å²) in [6.45, 7) is 5.88. The molecule has 0 amide bonds. The summed E-state index contributed by atoms with van der Waals surface area (Å²) in [5, 5.41) is 9.11. The van der Waals surface area contributed by atoms with E-state index in [-0.39, 0.29) is 0 Å². The van der Waals surface area contributed by atoms with E-state index in [2.05, 4.69) is 6.58 Å². The van der Waals surface area contributed by atoms with Gasteiger partial charge in [-0.05, 0) is 24.6 Å². The smallest absolute Gasteiger partial charge is 0.328 e. The predicted molar refractivity (Wildman–Crippen MR) is 75.0 cm³/mol. The van der Waals surface area contributed by atoms with Gasteiger partial charge in [0.05, 0.1) is 7.11 Å². The first kappa shape index (κ1) is 15.1. The quantitative estimate of drug-likeness (QED) is 0.642. The lowest BCUT2D eigenvalue weighted by Crippen LogP contribution is -2.01. The molecule has 4 nitrogen and oxygen atoms in total. The minimum atomic E-state index is -1.05. The molecule has 0 aliphatic rings. The van der Waals surface area contributed by atoms with Crippen LogP contribution in [0.15, 0.2) is 30.4 Å². The van der Waals surface area contributed by atoms with Crippen LogP contribution in [0.4, 0.5) is 0 Å². The number of ether oxygens (including phenoxy) is 2. The van der Waals surface area contributed by atoms with Gasteiger partial charge in [0.1, 0.15) is 6.61 Å². The first-order valence-corrected chi connectivity index (χ1v) is 5.87. The van der Waals surface area contributed by atoms with Crippen LogP contribution in [-0.4, -0.2) is 24.8 Å². The Morgan fingerprint density at radius 1 is 1.53 bits per heavy atom. The van der Waals surface area contributed by atoms with Crippen molar-refractivity contribution in [3.05, 3.63) is 40.9 Å². The molecule has 0 aromatic heterocycles. The Morgan fingerprint density at radius 3 is 2.74 bits per heavy atom. The average Bonchev–Trinajstić information content (AvgIpc) is 2.33. The number of aliphatic carboxylic acids is 1. The topological polar surface area (TPSA) is 55.8 Å². The van der Waals surface area contributed by atoms with E-state index in [4.69, 9.17) is 26.2 Å². The summed E-state index contributed by atoms with van der Waals surface area (Å²) in [4.78, 5) is 10.6. The molecule has 5 heteroatoms. The second-order valence-electron chi connectivity index (χ2n) is 3.94. The Labute approximate surface area is 116 Å². The van der Waals surface area contributed by atoms with E-state index in [0.717, 1.165) is 11.6 Å². The number of benzene rings is 1. The van der Waals surface area contributed by atoms with Crippen molar-refractivity contribution in [1.82, 2.24) is 0 Å². The van der Waals surface area contributed by atoms with Gasteiger partial charge in [-0.3, -0.25) is 0 Å². The summed E-state index contributed by atoms with van der Waals surface area (Å²) in [6.07, 6.45) is 2.42. The SMILES string of the molecule is C=C(C)COc1c(/C=C/C(=O)O)cc(Cl)cc1OC. The van der Waals surface area contributed by atoms with Gasteiger partial charge in [-0.1, -0.05) is 18.2 Å². The summed E-state index contributed by atoms with van der Waals surface area (Å²) >= 11 is 5.94. The van der Waals surface area contributed by atoms with Gasteiger partial charge in [0.25, 0.3) is 0 Å². The minimum Gasteiger partial charge on any atom is -0.493 e. The summed E-state index contributed by atoms with van der Waals surface area (Å²) < 4.78 is 10.8. The molecular formula is C14H15ClO4. The molecule has 0 heterocycles. The summed E-state index contributed by atoms with van der Waals surface area (Å²) in [7, 11) is 1.49. The lowest BCUT2D eigenvalue weighted by molar-refractivity contribution is -0.131. The second-order valence-corrected chi connectivity index (χ2v) is 4.38. The van der Waals surface area contributed by atoms with Crippen molar-refractivity contribution in [2.24, 2.45) is 0 Å². The van der Waals surface area contributed by atoms with Gasteiger partial charge >= 0.3 is 5.97 Å². The number of hydrogen-bond donors (Lipinski definition) is 1. The van der Waals surface area contributed by atoms with Gasteiger partial charge in [-0.15, -0.1) is 0 Å². The van der Waals surface area contributed by atoms with Crippen LogP contribution in [0.3, 0.4) is 0 Å². The van der Waals surface area contributed by atoms with Crippen molar-refractivity contribution < 1.29 is 19.4 Å². The molecule has 0 spiro atoms. The molecule has 102 valence electrons. The maximum atomic E-state index is 10.6. The van der Waals surface area contributed by atoms with Crippen LogP contribution in [0, 0.1) is 0 Å². The highest BCUT2D eigenvalue weighted by Crippen LogP contribution is 2.35. The normalized spacial score (nSPS) is 10.5. The number of methoxy groups -OCH3 is 1. The molecular weight excluding hydrogens is 268 g/mol.